The maximum Gasteiger partial charge on any atom is 0.233 e. The van der Waals surface area contributed by atoms with E-state index in [1.54, 1.807) is 36.4 Å². The van der Waals surface area contributed by atoms with E-state index in [2.05, 4.69) is 0 Å². The second-order valence-corrected chi connectivity index (χ2v) is 15.4. The molecule has 5 rings (SSSR count). The molecule has 2 aliphatic rings. The Labute approximate surface area is 280 Å². The van der Waals surface area contributed by atoms with Crippen molar-refractivity contribution in [2.24, 2.45) is 5.92 Å². The first-order valence-corrected chi connectivity index (χ1v) is 18.0. The van der Waals surface area contributed by atoms with Crippen LogP contribution in [-0.2, 0) is 40.9 Å². The number of hydrogen-bond donors (Lipinski definition) is 0. The molecule has 1 amide bonds. The van der Waals surface area contributed by atoms with E-state index in [1.165, 1.54) is 17.0 Å². The first-order chi connectivity index (χ1) is 22.0. The van der Waals surface area contributed by atoms with Crippen molar-refractivity contribution in [3.8, 4) is 0 Å². The van der Waals surface area contributed by atoms with E-state index in [9.17, 15) is 27.6 Å². The number of carbonyl (C=O) groups is 4. The van der Waals surface area contributed by atoms with Gasteiger partial charge in [0.2, 0.25) is 11.7 Å². The molecular formula is C36H37Cl2NO6S. The molecule has 10 heteroatoms. The minimum atomic E-state index is -4.02. The SMILES string of the molecule is CCC[C@H](CC(=O)[C@@H]1C[C@@H](S(=O)(=O)c2ccccc2Cl)CN1C(=O)C1(c2ccc(Cl)cc2)CC1)C(=O)C(=O)CCc1ccccc1. The number of amides is 1. The molecule has 0 N–H and O–H groups in total. The molecule has 1 aliphatic carbocycles. The smallest absolute Gasteiger partial charge is 0.233 e. The van der Waals surface area contributed by atoms with Crippen LogP contribution in [0, 0.1) is 5.92 Å². The fraction of sp³-hybridized carbons (Fsp3) is 0.389. The zero-order valence-electron chi connectivity index (χ0n) is 25.7. The molecule has 46 heavy (non-hydrogen) atoms. The van der Waals surface area contributed by atoms with Crippen LogP contribution in [0.3, 0.4) is 0 Å². The summed E-state index contributed by atoms with van der Waals surface area (Å²) >= 11 is 12.4. The Morgan fingerprint density at radius 1 is 0.913 bits per heavy atom. The topological polar surface area (TPSA) is 106 Å². The molecule has 1 aliphatic heterocycles. The number of rotatable bonds is 14. The Hall–Kier alpha value is -3.33. The lowest BCUT2D eigenvalue weighted by molar-refractivity contribution is -0.142. The summed E-state index contributed by atoms with van der Waals surface area (Å²) in [6.45, 7) is 1.69. The van der Waals surface area contributed by atoms with Gasteiger partial charge in [-0.1, -0.05) is 91.1 Å². The highest BCUT2D eigenvalue weighted by Gasteiger charge is 2.57. The summed E-state index contributed by atoms with van der Waals surface area (Å²) in [6.07, 6.45) is 2.10. The van der Waals surface area contributed by atoms with Crippen LogP contribution in [0.4, 0.5) is 0 Å². The first kappa shape index (κ1) is 34.0. The number of ketones is 3. The van der Waals surface area contributed by atoms with Gasteiger partial charge in [-0.2, -0.15) is 0 Å². The van der Waals surface area contributed by atoms with Crippen LogP contribution in [0.1, 0.15) is 63.0 Å². The van der Waals surface area contributed by atoms with Gasteiger partial charge in [-0.3, -0.25) is 19.2 Å². The summed E-state index contributed by atoms with van der Waals surface area (Å²) < 4.78 is 27.7. The summed E-state index contributed by atoms with van der Waals surface area (Å²) in [4.78, 5) is 56.0. The van der Waals surface area contributed by atoms with Gasteiger partial charge in [0.05, 0.1) is 26.6 Å². The third-order valence-electron chi connectivity index (χ3n) is 9.25. The van der Waals surface area contributed by atoms with Gasteiger partial charge >= 0.3 is 0 Å². The van der Waals surface area contributed by atoms with Crippen molar-refractivity contribution in [3.63, 3.8) is 0 Å². The Morgan fingerprint density at radius 3 is 2.20 bits per heavy atom. The molecule has 0 radical (unpaired) electrons. The molecule has 1 saturated carbocycles. The van der Waals surface area contributed by atoms with Crippen LogP contribution in [0.25, 0.3) is 0 Å². The summed E-state index contributed by atoms with van der Waals surface area (Å²) in [7, 11) is -4.02. The lowest BCUT2D eigenvalue weighted by Gasteiger charge is -2.29. The van der Waals surface area contributed by atoms with Crippen molar-refractivity contribution in [3.05, 3.63) is 100 Å². The average molecular weight is 683 g/mol. The van der Waals surface area contributed by atoms with Gasteiger partial charge in [0, 0.05) is 30.3 Å². The molecule has 3 aromatic rings. The highest BCUT2D eigenvalue weighted by Crippen LogP contribution is 2.51. The quantitative estimate of drug-likeness (QED) is 0.177. The van der Waals surface area contributed by atoms with E-state index in [4.69, 9.17) is 23.2 Å². The van der Waals surface area contributed by atoms with Gasteiger partial charge in [-0.05, 0) is 67.5 Å². The van der Waals surface area contributed by atoms with E-state index in [1.807, 2.05) is 37.3 Å². The van der Waals surface area contributed by atoms with Gasteiger partial charge < -0.3 is 4.90 Å². The Balaban J connectivity index is 1.40. The molecule has 7 nitrogen and oxygen atoms in total. The van der Waals surface area contributed by atoms with Crippen LogP contribution in [0.2, 0.25) is 10.0 Å². The van der Waals surface area contributed by atoms with Gasteiger partial charge in [0.25, 0.3) is 0 Å². The number of nitrogens with zero attached hydrogens (tertiary/aromatic N) is 1. The summed E-state index contributed by atoms with van der Waals surface area (Å²) in [5.41, 5.74) is 0.818. The predicted octanol–water partition coefficient (Wildman–Crippen LogP) is 6.61. The van der Waals surface area contributed by atoms with Gasteiger partial charge in [-0.25, -0.2) is 8.42 Å². The van der Waals surface area contributed by atoms with E-state index >= 15 is 0 Å². The summed E-state index contributed by atoms with van der Waals surface area (Å²) in [5, 5.41) is -0.478. The number of carbonyl (C=O) groups excluding carboxylic acids is 4. The monoisotopic (exact) mass is 681 g/mol. The first-order valence-electron chi connectivity index (χ1n) is 15.7. The Bertz CT molecular complexity index is 1720. The van der Waals surface area contributed by atoms with Crippen molar-refractivity contribution in [2.75, 3.05) is 6.54 Å². The molecule has 2 fully saturated rings. The van der Waals surface area contributed by atoms with Crippen LogP contribution < -0.4 is 0 Å². The van der Waals surface area contributed by atoms with Crippen LogP contribution in [-0.4, -0.2) is 54.4 Å². The molecular weight excluding hydrogens is 645 g/mol. The fourth-order valence-electron chi connectivity index (χ4n) is 6.51. The fourth-order valence-corrected chi connectivity index (χ4v) is 8.85. The lowest BCUT2D eigenvalue weighted by atomic mass is 9.87. The second-order valence-electron chi connectivity index (χ2n) is 12.3. The van der Waals surface area contributed by atoms with E-state index < -0.39 is 49.8 Å². The molecule has 242 valence electrons. The number of Topliss-reactive ketones (excluding diaryl/α,β-unsaturated/α-hetero) is 3. The minimum Gasteiger partial charge on any atom is -0.331 e. The van der Waals surface area contributed by atoms with Crippen LogP contribution >= 0.6 is 23.2 Å². The molecule has 0 unspecified atom stereocenters. The van der Waals surface area contributed by atoms with E-state index in [0.717, 1.165) is 11.1 Å². The zero-order chi connectivity index (χ0) is 33.1. The van der Waals surface area contributed by atoms with Gasteiger partial charge in [0.15, 0.2) is 21.4 Å². The highest BCUT2D eigenvalue weighted by molar-refractivity contribution is 7.92. The minimum absolute atomic E-state index is 0.0348. The number of halogens is 2. The standard InChI is InChI=1S/C36H37Cl2NO6S/c1-2-8-25(34(42)31(40)18-13-24-9-4-3-5-10-24)21-32(41)30-22-28(46(44,45)33-12-7-6-11-29(33)38)23-39(30)35(43)36(19-20-36)26-14-16-27(37)17-15-26/h3-7,9-12,14-17,25,28,30H,2,8,13,18-23H2,1H3/t25-,28-,30+/m1/s1. The molecule has 0 spiro atoms. The van der Waals surface area contributed by atoms with Crippen LogP contribution in [0.15, 0.2) is 83.8 Å². The van der Waals surface area contributed by atoms with Crippen molar-refractivity contribution in [2.45, 2.75) is 79.9 Å². The van der Waals surface area contributed by atoms with Crippen molar-refractivity contribution < 1.29 is 27.6 Å². The molecule has 3 atom stereocenters. The van der Waals surface area contributed by atoms with Gasteiger partial charge in [0.1, 0.15) is 0 Å². The van der Waals surface area contributed by atoms with Crippen molar-refractivity contribution >= 4 is 56.3 Å². The highest BCUT2D eigenvalue weighted by atomic mass is 35.5. The maximum absolute atomic E-state index is 14.3. The van der Waals surface area contributed by atoms with Crippen LogP contribution in [0.5, 0.6) is 0 Å². The summed E-state index contributed by atoms with van der Waals surface area (Å²) in [5.74, 6) is -2.71. The largest absolute Gasteiger partial charge is 0.331 e. The third-order valence-corrected chi connectivity index (χ3v) is 12.1. The molecule has 3 aromatic carbocycles. The lowest BCUT2D eigenvalue weighted by Crippen LogP contribution is -2.46. The molecule has 0 aromatic heterocycles. The van der Waals surface area contributed by atoms with Crippen molar-refractivity contribution in [1.29, 1.82) is 0 Å². The molecule has 1 saturated heterocycles. The average Bonchev–Trinajstić information content (AvgIpc) is 3.73. The Kier molecular flexibility index (Phi) is 10.5. The zero-order valence-corrected chi connectivity index (χ0v) is 28.0. The number of likely N-dealkylation sites (tertiary alicyclic amines) is 1. The molecule has 1 heterocycles. The van der Waals surface area contributed by atoms with E-state index in [0.29, 0.717) is 37.1 Å². The summed E-state index contributed by atoms with van der Waals surface area (Å²) in [6, 6.07) is 21.4. The van der Waals surface area contributed by atoms with Gasteiger partial charge in [-0.15, -0.1) is 0 Å². The number of hydrogen-bond acceptors (Lipinski definition) is 6. The molecule has 0 bridgehead atoms. The maximum atomic E-state index is 14.3. The second kappa shape index (κ2) is 14.2. The third kappa shape index (κ3) is 7.14. The predicted molar refractivity (Wildman–Crippen MR) is 178 cm³/mol. The Morgan fingerprint density at radius 2 is 1.57 bits per heavy atom. The number of aryl methyl sites for hydroxylation is 1. The number of benzene rings is 3. The number of sulfone groups is 1. The van der Waals surface area contributed by atoms with E-state index in [-0.39, 0.29) is 41.6 Å². The normalized spacial score (nSPS) is 19.4. The van der Waals surface area contributed by atoms with Crippen molar-refractivity contribution in [1.82, 2.24) is 4.90 Å².